The van der Waals surface area contributed by atoms with Gasteiger partial charge in [0.15, 0.2) is 5.82 Å². The number of halogens is 1. The fourth-order valence-corrected chi connectivity index (χ4v) is 2.47. The third-order valence-corrected chi connectivity index (χ3v) is 3.66. The first kappa shape index (κ1) is 13.0. The second-order valence-electron chi connectivity index (χ2n) is 4.85. The van der Waals surface area contributed by atoms with Gasteiger partial charge in [-0.15, -0.1) is 5.10 Å². The number of rotatable bonds is 2. The maximum atomic E-state index is 5.92. The van der Waals surface area contributed by atoms with E-state index in [-0.39, 0.29) is 0 Å². The van der Waals surface area contributed by atoms with Crippen LogP contribution in [0, 0.1) is 0 Å². The number of hydrogen-bond acceptors (Lipinski definition) is 3. The number of benzene rings is 2. The van der Waals surface area contributed by atoms with Crippen LogP contribution >= 0.6 is 11.6 Å². The van der Waals surface area contributed by atoms with Crippen LogP contribution in [0.1, 0.15) is 0 Å². The van der Waals surface area contributed by atoms with Crippen LogP contribution in [0.25, 0.3) is 28.4 Å². The lowest BCUT2D eigenvalue weighted by molar-refractivity contribution is 0.951. The number of nitrogens with zero attached hydrogens (tertiary/aromatic N) is 4. The summed E-state index contributed by atoms with van der Waals surface area (Å²) in [5.41, 5.74) is 2.94. The summed E-state index contributed by atoms with van der Waals surface area (Å²) in [5, 5.41) is 5.28. The fourth-order valence-electron chi connectivity index (χ4n) is 2.34. The SMILES string of the molecule is Clc1ccc(-c2nc3nccc(-c4ccccc4)n3n2)cc1. The van der Waals surface area contributed by atoms with Gasteiger partial charge >= 0.3 is 0 Å². The van der Waals surface area contributed by atoms with Gasteiger partial charge in [0.2, 0.25) is 0 Å². The zero-order chi connectivity index (χ0) is 14.9. The van der Waals surface area contributed by atoms with E-state index in [1.165, 1.54) is 0 Å². The van der Waals surface area contributed by atoms with Gasteiger partial charge in [0.05, 0.1) is 5.69 Å². The molecule has 106 valence electrons. The highest BCUT2D eigenvalue weighted by Gasteiger charge is 2.11. The van der Waals surface area contributed by atoms with Crippen molar-refractivity contribution in [3.05, 3.63) is 71.9 Å². The summed E-state index contributed by atoms with van der Waals surface area (Å²) in [5.74, 6) is 1.21. The predicted molar refractivity (Wildman–Crippen MR) is 86.7 cm³/mol. The van der Waals surface area contributed by atoms with Gasteiger partial charge in [-0.05, 0) is 30.3 Å². The molecule has 4 aromatic rings. The van der Waals surface area contributed by atoms with Crippen molar-refractivity contribution in [2.45, 2.75) is 0 Å². The smallest absolute Gasteiger partial charge is 0.220 e. The van der Waals surface area contributed by atoms with Crippen molar-refractivity contribution >= 4 is 17.4 Å². The lowest BCUT2D eigenvalue weighted by atomic mass is 10.1. The highest BCUT2D eigenvalue weighted by Crippen LogP contribution is 2.22. The van der Waals surface area contributed by atoms with Gasteiger partial charge in [0.1, 0.15) is 0 Å². The Morgan fingerprint density at radius 1 is 0.818 bits per heavy atom. The van der Waals surface area contributed by atoms with Crippen LogP contribution in [0.4, 0.5) is 0 Å². The molecule has 0 N–H and O–H groups in total. The van der Waals surface area contributed by atoms with E-state index < -0.39 is 0 Å². The Balaban J connectivity index is 1.89. The normalized spacial score (nSPS) is 11.0. The molecule has 4 rings (SSSR count). The highest BCUT2D eigenvalue weighted by molar-refractivity contribution is 6.30. The predicted octanol–water partition coefficient (Wildman–Crippen LogP) is 4.11. The van der Waals surface area contributed by atoms with E-state index in [2.05, 4.69) is 15.1 Å². The van der Waals surface area contributed by atoms with Crippen molar-refractivity contribution in [2.24, 2.45) is 0 Å². The molecule has 0 atom stereocenters. The van der Waals surface area contributed by atoms with Crippen LogP contribution in [0.5, 0.6) is 0 Å². The Hall–Kier alpha value is -2.72. The molecule has 0 saturated heterocycles. The Kier molecular flexibility index (Phi) is 3.09. The molecule has 5 heteroatoms. The van der Waals surface area contributed by atoms with Crippen LogP contribution < -0.4 is 0 Å². The fraction of sp³-hybridized carbons (Fsp3) is 0. The topological polar surface area (TPSA) is 43.1 Å². The second-order valence-corrected chi connectivity index (χ2v) is 5.29. The van der Waals surface area contributed by atoms with Gasteiger partial charge < -0.3 is 0 Å². The van der Waals surface area contributed by atoms with Crippen LogP contribution in [-0.4, -0.2) is 19.6 Å². The van der Waals surface area contributed by atoms with Gasteiger partial charge in [0.25, 0.3) is 5.78 Å². The lowest BCUT2D eigenvalue weighted by Gasteiger charge is -2.02. The van der Waals surface area contributed by atoms with E-state index in [0.717, 1.165) is 16.8 Å². The molecule has 0 radical (unpaired) electrons. The first-order valence-electron chi connectivity index (χ1n) is 6.84. The lowest BCUT2D eigenvalue weighted by Crippen LogP contribution is -1.95. The molecule has 0 saturated carbocycles. The summed E-state index contributed by atoms with van der Waals surface area (Å²) in [6.45, 7) is 0. The van der Waals surface area contributed by atoms with E-state index >= 15 is 0 Å². The molecule has 0 amide bonds. The van der Waals surface area contributed by atoms with Gasteiger partial charge in [-0.3, -0.25) is 0 Å². The molecule has 0 fully saturated rings. The third-order valence-electron chi connectivity index (χ3n) is 3.41. The second kappa shape index (κ2) is 5.24. The first-order chi connectivity index (χ1) is 10.8. The summed E-state index contributed by atoms with van der Waals surface area (Å²) >= 11 is 5.92. The largest absolute Gasteiger partial charge is 0.253 e. The minimum absolute atomic E-state index is 0.575. The van der Waals surface area contributed by atoms with Gasteiger partial charge in [0, 0.05) is 22.3 Å². The van der Waals surface area contributed by atoms with E-state index in [0.29, 0.717) is 16.6 Å². The van der Waals surface area contributed by atoms with Crippen molar-refractivity contribution in [3.8, 4) is 22.6 Å². The minimum atomic E-state index is 0.575. The Morgan fingerprint density at radius 3 is 2.36 bits per heavy atom. The van der Waals surface area contributed by atoms with E-state index in [9.17, 15) is 0 Å². The zero-order valence-electron chi connectivity index (χ0n) is 11.5. The van der Waals surface area contributed by atoms with E-state index in [4.69, 9.17) is 11.6 Å². The average Bonchev–Trinajstić information content (AvgIpc) is 3.00. The van der Waals surface area contributed by atoms with Crippen LogP contribution in [-0.2, 0) is 0 Å². The standard InChI is InChI=1S/C17H11ClN4/c18-14-8-6-13(7-9-14)16-20-17-19-11-10-15(22(17)21-16)12-4-2-1-3-5-12/h1-11H. The molecular weight excluding hydrogens is 296 g/mol. The molecule has 0 bridgehead atoms. The van der Waals surface area contributed by atoms with Gasteiger partial charge in [-0.25, -0.2) is 4.98 Å². The van der Waals surface area contributed by atoms with Gasteiger partial charge in [-0.2, -0.15) is 9.50 Å². The summed E-state index contributed by atoms with van der Waals surface area (Å²) in [7, 11) is 0. The number of hydrogen-bond donors (Lipinski definition) is 0. The average molecular weight is 307 g/mol. The molecule has 2 heterocycles. The molecule has 2 aromatic heterocycles. The molecular formula is C17H11ClN4. The molecule has 2 aromatic carbocycles. The molecule has 0 aliphatic rings. The highest BCUT2D eigenvalue weighted by atomic mass is 35.5. The number of aromatic nitrogens is 4. The van der Waals surface area contributed by atoms with Crippen LogP contribution in [0.2, 0.25) is 5.02 Å². The summed E-state index contributed by atoms with van der Waals surface area (Å²) in [6, 6.07) is 19.5. The van der Waals surface area contributed by atoms with Crippen molar-refractivity contribution in [1.82, 2.24) is 19.6 Å². The van der Waals surface area contributed by atoms with Crippen molar-refractivity contribution in [1.29, 1.82) is 0 Å². The van der Waals surface area contributed by atoms with Crippen molar-refractivity contribution in [2.75, 3.05) is 0 Å². The first-order valence-corrected chi connectivity index (χ1v) is 7.22. The number of fused-ring (bicyclic) bond motifs is 1. The molecule has 0 unspecified atom stereocenters. The summed E-state index contributed by atoms with van der Waals surface area (Å²) < 4.78 is 1.76. The van der Waals surface area contributed by atoms with Crippen molar-refractivity contribution in [3.63, 3.8) is 0 Å². The minimum Gasteiger partial charge on any atom is -0.220 e. The van der Waals surface area contributed by atoms with Gasteiger partial charge in [-0.1, -0.05) is 41.9 Å². The molecule has 22 heavy (non-hydrogen) atoms. The monoisotopic (exact) mass is 306 g/mol. The van der Waals surface area contributed by atoms with Crippen LogP contribution in [0.3, 0.4) is 0 Å². The Labute approximate surface area is 132 Å². The maximum absolute atomic E-state index is 5.92. The molecule has 0 aliphatic heterocycles. The summed E-state index contributed by atoms with van der Waals surface area (Å²) in [4.78, 5) is 8.79. The van der Waals surface area contributed by atoms with Crippen molar-refractivity contribution < 1.29 is 0 Å². The Morgan fingerprint density at radius 2 is 1.59 bits per heavy atom. The quantitative estimate of drug-likeness (QED) is 0.559. The third kappa shape index (κ3) is 2.23. The molecule has 0 aliphatic carbocycles. The van der Waals surface area contributed by atoms with Crippen LogP contribution in [0.15, 0.2) is 66.9 Å². The summed E-state index contributed by atoms with van der Waals surface area (Å²) in [6.07, 6.45) is 1.75. The van der Waals surface area contributed by atoms with E-state index in [1.807, 2.05) is 60.7 Å². The van der Waals surface area contributed by atoms with E-state index in [1.54, 1.807) is 10.7 Å². The molecule has 4 nitrogen and oxygen atoms in total. The molecule has 0 spiro atoms. The maximum Gasteiger partial charge on any atom is 0.253 e. The zero-order valence-corrected chi connectivity index (χ0v) is 12.3. The Bertz CT molecular complexity index is 930.